The van der Waals surface area contributed by atoms with Crippen LogP contribution in [0.1, 0.15) is 42.0 Å². The van der Waals surface area contributed by atoms with E-state index >= 15 is 0 Å². The Morgan fingerprint density at radius 1 is 1.35 bits per heavy atom. The Bertz CT molecular complexity index is 383. The van der Waals surface area contributed by atoms with E-state index in [1.807, 2.05) is 0 Å². The van der Waals surface area contributed by atoms with Gasteiger partial charge in [0.15, 0.2) is 0 Å². The average molecular weight is 232 g/mol. The van der Waals surface area contributed by atoms with E-state index in [-0.39, 0.29) is 0 Å². The lowest BCUT2D eigenvalue weighted by Crippen LogP contribution is -2.42. The number of hydrogen-bond acceptors (Lipinski definition) is 2. The standard InChI is InChI=1S/C15H24N2/c1-11-7-8-12(2)14(9-11)15(10-16)17(3)13-5-4-6-13/h7-9,13,15H,4-6,10,16H2,1-3H3. The molecule has 0 saturated heterocycles. The van der Waals surface area contributed by atoms with E-state index in [2.05, 4.69) is 44.0 Å². The molecule has 1 saturated carbocycles. The molecule has 0 spiro atoms. The number of hydrogen-bond donors (Lipinski definition) is 1. The minimum absolute atomic E-state index is 0.375. The van der Waals surface area contributed by atoms with Gasteiger partial charge < -0.3 is 5.73 Å². The van der Waals surface area contributed by atoms with E-state index in [1.165, 1.54) is 36.0 Å². The first kappa shape index (κ1) is 12.6. The van der Waals surface area contributed by atoms with E-state index in [0.717, 1.165) is 6.04 Å². The van der Waals surface area contributed by atoms with Crippen LogP contribution in [-0.2, 0) is 0 Å². The van der Waals surface area contributed by atoms with E-state index in [9.17, 15) is 0 Å². The normalized spacial score (nSPS) is 18.2. The fourth-order valence-electron chi connectivity index (χ4n) is 2.68. The zero-order valence-electron chi connectivity index (χ0n) is 11.2. The van der Waals surface area contributed by atoms with Crippen LogP contribution in [-0.4, -0.2) is 24.5 Å². The Morgan fingerprint density at radius 3 is 2.59 bits per heavy atom. The minimum atomic E-state index is 0.375. The highest BCUT2D eigenvalue weighted by atomic mass is 15.2. The van der Waals surface area contributed by atoms with E-state index < -0.39 is 0 Å². The molecule has 17 heavy (non-hydrogen) atoms. The highest BCUT2D eigenvalue weighted by molar-refractivity contribution is 5.33. The fourth-order valence-corrected chi connectivity index (χ4v) is 2.68. The summed E-state index contributed by atoms with van der Waals surface area (Å²) in [5.74, 6) is 0. The zero-order valence-corrected chi connectivity index (χ0v) is 11.2. The van der Waals surface area contributed by atoms with Crippen molar-refractivity contribution in [3.63, 3.8) is 0 Å². The number of likely N-dealkylation sites (N-methyl/N-ethyl adjacent to an activating group) is 1. The molecule has 1 unspecified atom stereocenters. The second kappa shape index (κ2) is 5.19. The van der Waals surface area contributed by atoms with Crippen LogP contribution in [0.15, 0.2) is 18.2 Å². The van der Waals surface area contributed by atoms with Crippen molar-refractivity contribution >= 4 is 0 Å². The van der Waals surface area contributed by atoms with Crippen LogP contribution in [0.4, 0.5) is 0 Å². The Morgan fingerprint density at radius 2 is 2.06 bits per heavy atom. The summed E-state index contributed by atoms with van der Waals surface area (Å²) in [4.78, 5) is 2.48. The van der Waals surface area contributed by atoms with Crippen molar-refractivity contribution in [2.45, 2.75) is 45.2 Å². The van der Waals surface area contributed by atoms with E-state index in [0.29, 0.717) is 12.6 Å². The molecule has 1 aliphatic rings. The Labute approximate surface area is 105 Å². The van der Waals surface area contributed by atoms with Gasteiger partial charge in [0.2, 0.25) is 0 Å². The molecule has 0 amide bonds. The van der Waals surface area contributed by atoms with Crippen molar-refractivity contribution < 1.29 is 0 Å². The monoisotopic (exact) mass is 232 g/mol. The second-order valence-corrected chi connectivity index (χ2v) is 5.36. The molecule has 2 rings (SSSR count). The van der Waals surface area contributed by atoms with Crippen LogP contribution in [0.5, 0.6) is 0 Å². The van der Waals surface area contributed by atoms with Crippen LogP contribution < -0.4 is 5.73 Å². The maximum atomic E-state index is 6.00. The summed E-state index contributed by atoms with van der Waals surface area (Å²) in [6.45, 7) is 5.04. The molecule has 2 nitrogen and oxygen atoms in total. The second-order valence-electron chi connectivity index (χ2n) is 5.36. The van der Waals surface area contributed by atoms with Crippen molar-refractivity contribution in [1.29, 1.82) is 0 Å². The average Bonchev–Trinajstić information content (AvgIpc) is 2.22. The highest BCUT2D eigenvalue weighted by Gasteiger charge is 2.28. The number of nitrogens with zero attached hydrogens (tertiary/aromatic N) is 1. The number of benzene rings is 1. The van der Waals surface area contributed by atoms with Gasteiger partial charge in [-0.25, -0.2) is 0 Å². The third-order valence-electron chi connectivity index (χ3n) is 4.16. The van der Waals surface area contributed by atoms with Gasteiger partial charge in [-0.15, -0.1) is 0 Å². The number of rotatable bonds is 4. The van der Waals surface area contributed by atoms with Gasteiger partial charge in [0.1, 0.15) is 0 Å². The van der Waals surface area contributed by atoms with E-state index in [4.69, 9.17) is 5.73 Å². The third kappa shape index (κ3) is 2.53. The Balaban J connectivity index is 2.24. The zero-order chi connectivity index (χ0) is 12.4. The Hall–Kier alpha value is -0.860. The molecule has 1 aromatic rings. The van der Waals surface area contributed by atoms with Crippen molar-refractivity contribution in [3.8, 4) is 0 Å². The molecule has 2 heteroatoms. The summed E-state index contributed by atoms with van der Waals surface area (Å²) in [6, 6.07) is 7.79. The molecule has 0 aromatic heterocycles. The van der Waals surface area contributed by atoms with Gasteiger partial charge in [-0.2, -0.15) is 0 Å². The molecule has 0 bridgehead atoms. The van der Waals surface area contributed by atoms with Gasteiger partial charge in [0.25, 0.3) is 0 Å². The van der Waals surface area contributed by atoms with Crippen LogP contribution in [0, 0.1) is 13.8 Å². The summed E-state index contributed by atoms with van der Waals surface area (Å²) >= 11 is 0. The van der Waals surface area contributed by atoms with Gasteiger partial charge >= 0.3 is 0 Å². The van der Waals surface area contributed by atoms with Crippen molar-refractivity contribution in [2.75, 3.05) is 13.6 Å². The SMILES string of the molecule is Cc1ccc(C)c(C(CN)N(C)C2CCC2)c1. The van der Waals surface area contributed by atoms with Crippen molar-refractivity contribution in [1.82, 2.24) is 4.90 Å². The Kier molecular flexibility index (Phi) is 3.85. The topological polar surface area (TPSA) is 29.3 Å². The summed E-state index contributed by atoms with van der Waals surface area (Å²) in [5.41, 5.74) is 10.1. The number of aryl methyl sites for hydroxylation is 2. The van der Waals surface area contributed by atoms with Gasteiger partial charge in [0.05, 0.1) is 0 Å². The molecule has 1 aromatic carbocycles. The van der Waals surface area contributed by atoms with E-state index in [1.54, 1.807) is 0 Å². The van der Waals surface area contributed by atoms with Crippen LogP contribution >= 0.6 is 0 Å². The van der Waals surface area contributed by atoms with Crippen LogP contribution in [0.25, 0.3) is 0 Å². The summed E-state index contributed by atoms with van der Waals surface area (Å²) in [5, 5.41) is 0. The lowest BCUT2D eigenvalue weighted by Gasteiger charge is -2.40. The van der Waals surface area contributed by atoms with Crippen molar-refractivity contribution in [3.05, 3.63) is 34.9 Å². The smallest absolute Gasteiger partial charge is 0.0473 e. The predicted molar refractivity (Wildman–Crippen MR) is 73.1 cm³/mol. The molecule has 2 N–H and O–H groups in total. The van der Waals surface area contributed by atoms with Gasteiger partial charge in [0, 0.05) is 18.6 Å². The molecule has 0 radical (unpaired) electrons. The fraction of sp³-hybridized carbons (Fsp3) is 0.600. The molecular formula is C15H24N2. The third-order valence-corrected chi connectivity index (χ3v) is 4.16. The lowest BCUT2D eigenvalue weighted by atomic mass is 9.88. The first-order valence-corrected chi connectivity index (χ1v) is 6.62. The lowest BCUT2D eigenvalue weighted by molar-refractivity contribution is 0.113. The predicted octanol–water partition coefficient (Wildman–Crippen LogP) is 2.79. The van der Waals surface area contributed by atoms with Gasteiger partial charge in [-0.3, -0.25) is 4.90 Å². The largest absolute Gasteiger partial charge is 0.329 e. The molecular weight excluding hydrogens is 208 g/mol. The molecule has 1 fully saturated rings. The summed E-state index contributed by atoms with van der Waals surface area (Å²) in [7, 11) is 2.23. The molecule has 1 aliphatic carbocycles. The van der Waals surface area contributed by atoms with Crippen molar-refractivity contribution in [2.24, 2.45) is 5.73 Å². The first-order chi connectivity index (χ1) is 8.13. The molecule has 94 valence electrons. The molecule has 0 aliphatic heterocycles. The number of nitrogens with two attached hydrogens (primary N) is 1. The summed E-state index contributed by atoms with van der Waals surface area (Å²) < 4.78 is 0. The quantitative estimate of drug-likeness (QED) is 0.865. The maximum absolute atomic E-state index is 6.00. The molecule has 0 heterocycles. The summed E-state index contributed by atoms with van der Waals surface area (Å²) in [6.07, 6.45) is 4.04. The minimum Gasteiger partial charge on any atom is -0.329 e. The van der Waals surface area contributed by atoms with Gasteiger partial charge in [-0.1, -0.05) is 30.2 Å². The first-order valence-electron chi connectivity index (χ1n) is 6.62. The molecule has 1 atom stereocenters. The highest BCUT2D eigenvalue weighted by Crippen LogP contribution is 2.31. The van der Waals surface area contributed by atoms with Gasteiger partial charge in [-0.05, 0) is 44.9 Å². The van der Waals surface area contributed by atoms with Crippen LogP contribution in [0.3, 0.4) is 0 Å². The maximum Gasteiger partial charge on any atom is 0.0473 e. The van der Waals surface area contributed by atoms with Crippen LogP contribution in [0.2, 0.25) is 0 Å².